The van der Waals surface area contributed by atoms with Gasteiger partial charge >= 0.3 is 0 Å². The van der Waals surface area contributed by atoms with Crippen LogP contribution in [0.3, 0.4) is 0 Å². The van der Waals surface area contributed by atoms with Crippen molar-refractivity contribution < 1.29 is 0 Å². The largest absolute Gasteiger partial charge is 0.383 e. The molecule has 0 saturated carbocycles. The molecule has 1 aromatic heterocycles. The Morgan fingerprint density at radius 1 is 1.40 bits per heavy atom. The summed E-state index contributed by atoms with van der Waals surface area (Å²) in [6.45, 7) is 8.36. The second kappa shape index (κ2) is 4.16. The molecule has 1 unspecified atom stereocenters. The van der Waals surface area contributed by atoms with Crippen molar-refractivity contribution in [2.45, 2.75) is 33.7 Å². The fraction of sp³-hybridized carbons (Fsp3) is 0.545. The molecule has 0 bridgehead atoms. The molecule has 0 spiro atoms. The summed E-state index contributed by atoms with van der Waals surface area (Å²) in [6, 6.07) is 1.95. The number of hydrazine groups is 1. The number of rotatable bonds is 2. The van der Waals surface area contributed by atoms with Crippen molar-refractivity contribution in [1.82, 2.24) is 10.4 Å². The molecule has 4 heteroatoms. The maximum Gasteiger partial charge on any atom is 0.128 e. The monoisotopic (exact) mass is 208 g/mol. The SMILES string of the molecule is Cc1ccnc(N)c1C(NN)C(C)(C)C. The van der Waals surface area contributed by atoms with Crippen LogP contribution in [0.1, 0.15) is 37.9 Å². The minimum Gasteiger partial charge on any atom is -0.383 e. The standard InChI is InChI=1S/C11H20N4/c1-7-5-6-14-10(12)8(7)9(15-13)11(2,3)4/h5-6,9,15H,13H2,1-4H3,(H2,12,14). The lowest BCUT2D eigenvalue weighted by atomic mass is 9.81. The molecule has 0 aromatic carbocycles. The fourth-order valence-corrected chi connectivity index (χ4v) is 1.73. The van der Waals surface area contributed by atoms with E-state index in [0.29, 0.717) is 5.82 Å². The van der Waals surface area contributed by atoms with Gasteiger partial charge in [-0.1, -0.05) is 20.8 Å². The van der Waals surface area contributed by atoms with Crippen molar-refractivity contribution in [3.05, 3.63) is 23.4 Å². The Bertz CT molecular complexity index is 321. The lowest BCUT2D eigenvalue weighted by Gasteiger charge is -2.31. The van der Waals surface area contributed by atoms with E-state index in [1.54, 1.807) is 6.20 Å². The smallest absolute Gasteiger partial charge is 0.128 e. The minimum absolute atomic E-state index is 0.00331. The molecule has 1 heterocycles. The number of nitrogens with zero attached hydrogens (tertiary/aromatic N) is 1. The summed E-state index contributed by atoms with van der Waals surface area (Å²) in [6.07, 6.45) is 1.71. The first-order chi connectivity index (χ1) is 6.88. The maximum atomic E-state index is 5.89. The molecule has 0 fully saturated rings. The van der Waals surface area contributed by atoms with Gasteiger partial charge in [0, 0.05) is 11.8 Å². The van der Waals surface area contributed by atoms with Crippen LogP contribution in [-0.2, 0) is 0 Å². The third-order valence-electron chi connectivity index (χ3n) is 2.56. The minimum atomic E-state index is -0.00331. The molecular weight excluding hydrogens is 188 g/mol. The Morgan fingerprint density at radius 3 is 2.40 bits per heavy atom. The first-order valence-electron chi connectivity index (χ1n) is 5.05. The van der Waals surface area contributed by atoms with E-state index in [2.05, 4.69) is 31.2 Å². The molecule has 1 atom stereocenters. The van der Waals surface area contributed by atoms with Gasteiger partial charge in [-0.3, -0.25) is 11.3 Å². The first kappa shape index (κ1) is 11.9. The molecule has 4 nitrogen and oxygen atoms in total. The highest BCUT2D eigenvalue weighted by Gasteiger charge is 2.28. The van der Waals surface area contributed by atoms with Gasteiger partial charge < -0.3 is 5.73 Å². The lowest BCUT2D eigenvalue weighted by molar-refractivity contribution is 0.275. The number of nitrogens with one attached hydrogen (secondary N) is 1. The van der Waals surface area contributed by atoms with Crippen molar-refractivity contribution in [3.63, 3.8) is 0 Å². The summed E-state index contributed by atoms with van der Waals surface area (Å²) < 4.78 is 0. The van der Waals surface area contributed by atoms with Crippen LogP contribution < -0.4 is 17.0 Å². The molecule has 1 aromatic rings. The normalized spacial score (nSPS) is 13.9. The highest BCUT2D eigenvalue weighted by atomic mass is 15.2. The molecule has 84 valence electrons. The first-order valence-corrected chi connectivity index (χ1v) is 5.05. The third-order valence-corrected chi connectivity index (χ3v) is 2.56. The fourth-order valence-electron chi connectivity index (χ4n) is 1.73. The summed E-state index contributed by atoms with van der Waals surface area (Å²) in [5.74, 6) is 6.14. The van der Waals surface area contributed by atoms with Gasteiger partial charge in [-0.2, -0.15) is 0 Å². The van der Waals surface area contributed by atoms with Crippen LogP contribution in [0.15, 0.2) is 12.3 Å². The second-order valence-corrected chi connectivity index (χ2v) is 4.89. The number of hydrogen-bond donors (Lipinski definition) is 3. The van der Waals surface area contributed by atoms with E-state index in [9.17, 15) is 0 Å². The summed E-state index contributed by atoms with van der Waals surface area (Å²) >= 11 is 0. The Kier molecular flexibility index (Phi) is 3.31. The molecule has 1 rings (SSSR count). The van der Waals surface area contributed by atoms with E-state index in [4.69, 9.17) is 11.6 Å². The van der Waals surface area contributed by atoms with Gasteiger partial charge in [0.25, 0.3) is 0 Å². The van der Waals surface area contributed by atoms with Gasteiger partial charge in [0.1, 0.15) is 5.82 Å². The van der Waals surface area contributed by atoms with Crippen molar-refractivity contribution in [1.29, 1.82) is 0 Å². The number of nitrogens with two attached hydrogens (primary N) is 2. The van der Waals surface area contributed by atoms with Crippen molar-refractivity contribution >= 4 is 5.82 Å². The van der Waals surface area contributed by atoms with Gasteiger partial charge in [0.05, 0.1) is 6.04 Å². The van der Waals surface area contributed by atoms with Crippen LogP contribution >= 0.6 is 0 Å². The van der Waals surface area contributed by atoms with E-state index in [0.717, 1.165) is 11.1 Å². The Balaban J connectivity index is 3.24. The van der Waals surface area contributed by atoms with E-state index in [1.165, 1.54) is 0 Å². The summed E-state index contributed by atoms with van der Waals surface area (Å²) in [4.78, 5) is 4.10. The van der Waals surface area contributed by atoms with Crippen LogP contribution in [0.25, 0.3) is 0 Å². The maximum absolute atomic E-state index is 5.89. The number of hydrogen-bond acceptors (Lipinski definition) is 4. The topological polar surface area (TPSA) is 77.0 Å². The highest BCUT2D eigenvalue weighted by Crippen LogP contribution is 2.35. The molecule has 5 N–H and O–H groups in total. The van der Waals surface area contributed by atoms with E-state index in [-0.39, 0.29) is 11.5 Å². The van der Waals surface area contributed by atoms with Gasteiger partial charge in [-0.15, -0.1) is 0 Å². The Labute approximate surface area is 91.0 Å². The second-order valence-electron chi connectivity index (χ2n) is 4.89. The number of nitrogen functional groups attached to an aromatic ring is 1. The van der Waals surface area contributed by atoms with E-state index in [1.807, 2.05) is 13.0 Å². The zero-order valence-corrected chi connectivity index (χ0v) is 9.83. The number of pyridine rings is 1. The molecule has 0 radical (unpaired) electrons. The molecule has 15 heavy (non-hydrogen) atoms. The predicted octanol–water partition coefficient (Wildman–Crippen LogP) is 1.52. The van der Waals surface area contributed by atoms with Gasteiger partial charge in [-0.25, -0.2) is 4.98 Å². The van der Waals surface area contributed by atoms with Crippen molar-refractivity contribution in [2.75, 3.05) is 5.73 Å². The van der Waals surface area contributed by atoms with Gasteiger partial charge in [0.2, 0.25) is 0 Å². The van der Waals surface area contributed by atoms with Gasteiger partial charge in [-0.05, 0) is 24.0 Å². The number of aromatic nitrogens is 1. The molecule has 0 aliphatic heterocycles. The zero-order chi connectivity index (χ0) is 11.6. The van der Waals surface area contributed by atoms with Gasteiger partial charge in [0.15, 0.2) is 0 Å². The molecule has 0 aliphatic rings. The van der Waals surface area contributed by atoms with Crippen LogP contribution in [-0.4, -0.2) is 4.98 Å². The van der Waals surface area contributed by atoms with Crippen molar-refractivity contribution in [2.24, 2.45) is 11.3 Å². The van der Waals surface area contributed by atoms with E-state index >= 15 is 0 Å². The average Bonchev–Trinajstić information content (AvgIpc) is 2.09. The number of aryl methyl sites for hydroxylation is 1. The van der Waals surface area contributed by atoms with E-state index < -0.39 is 0 Å². The Hall–Kier alpha value is -1.13. The molecular formula is C11H20N4. The van der Waals surface area contributed by atoms with Crippen molar-refractivity contribution in [3.8, 4) is 0 Å². The summed E-state index contributed by atoms with van der Waals surface area (Å²) in [7, 11) is 0. The van der Waals surface area contributed by atoms with Crippen LogP contribution in [0, 0.1) is 12.3 Å². The highest BCUT2D eigenvalue weighted by molar-refractivity contribution is 5.46. The van der Waals surface area contributed by atoms with Crippen LogP contribution in [0.5, 0.6) is 0 Å². The third kappa shape index (κ3) is 2.46. The Morgan fingerprint density at radius 2 is 2.00 bits per heavy atom. The average molecular weight is 208 g/mol. The predicted molar refractivity (Wildman–Crippen MR) is 62.9 cm³/mol. The molecule has 0 aliphatic carbocycles. The zero-order valence-electron chi connectivity index (χ0n) is 9.83. The lowest BCUT2D eigenvalue weighted by Crippen LogP contribution is -2.37. The summed E-state index contributed by atoms with van der Waals surface area (Å²) in [5.41, 5.74) is 10.8. The summed E-state index contributed by atoms with van der Waals surface area (Å²) in [5, 5.41) is 0. The molecule has 0 amide bonds. The molecule has 0 saturated heterocycles. The quantitative estimate of drug-likeness (QED) is 0.509. The van der Waals surface area contributed by atoms with Crippen LogP contribution in [0.2, 0.25) is 0 Å². The van der Waals surface area contributed by atoms with Crippen LogP contribution in [0.4, 0.5) is 5.82 Å². The number of anilines is 1.